The number of carbonyl (C=O) groups excluding carboxylic acids is 2. The van der Waals surface area contributed by atoms with E-state index in [1.165, 1.54) is 0 Å². The summed E-state index contributed by atoms with van der Waals surface area (Å²) in [6.07, 6.45) is 2.51. The van der Waals surface area contributed by atoms with Crippen molar-refractivity contribution in [3.63, 3.8) is 0 Å². The molecule has 0 saturated carbocycles. The molecule has 0 radical (unpaired) electrons. The number of hydrazine groups is 1. The monoisotopic (exact) mass is 460 g/mol. The number of carbonyl (C=O) groups is 2. The normalized spacial score (nSPS) is 10.3. The molecule has 2 N–H and O–H groups in total. The van der Waals surface area contributed by atoms with Gasteiger partial charge in [0.15, 0.2) is 0 Å². The second-order valence-corrected chi connectivity index (χ2v) is 7.62. The van der Waals surface area contributed by atoms with E-state index in [1.807, 2.05) is 0 Å². The van der Waals surface area contributed by atoms with Crippen LogP contribution in [0.1, 0.15) is 41.0 Å². The van der Waals surface area contributed by atoms with Crippen LogP contribution < -0.4 is 20.3 Å². The Labute approximate surface area is 179 Å². The second kappa shape index (κ2) is 11.3. The van der Waals surface area contributed by atoms with Crippen LogP contribution in [0.2, 0.25) is 0 Å². The SMILES string of the molecule is C=CCOc1ccc(C(=O)NNC(=O)c2cc(Br)ccc2OCCC(C)C)cc1. The molecule has 0 aliphatic carbocycles. The molecule has 0 saturated heterocycles. The van der Waals surface area contributed by atoms with Gasteiger partial charge in [0.2, 0.25) is 0 Å². The number of nitrogens with one attached hydrogen (secondary N) is 2. The lowest BCUT2D eigenvalue weighted by atomic mass is 10.1. The Morgan fingerprint density at radius 3 is 2.41 bits per heavy atom. The maximum atomic E-state index is 12.6. The summed E-state index contributed by atoms with van der Waals surface area (Å²) in [4.78, 5) is 24.8. The van der Waals surface area contributed by atoms with Gasteiger partial charge in [-0.3, -0.25) is 20.4 Å². The van der Waals surface area contributed by atoms with E-state index in [1.54, 1.807) is 48.5 Å². The molecule has 0 fully saturated rings. The highest BCUT2D eigenvalue weighted by Crippen LogP contribution is 2.23. The molecule has 0 bridgehead atoms. The molecule has 6 nitrogen and oxygen atoms in total. The Morgan fingerprint density at radius 1 is 1.07 bits per heavy atom. The summed E-state index contributed by atoms with van der Waals surface area (Å²) in [5, 5.41) is 0. The number of amides is 2. The number of hydrogen-bond acceptors (Lipinski definition) is 4. The summed E-state index contributed by atoms with van der Waals surface area (Å²) in [6, 6.07) is 11.8. The predicted octanol–water partition coefficient (Wildman–Crippen LogP) is 4.51. The molecule has 0 unspecified atom stereocenters. The van der Waals surface area contributed by atoms with Gasteiger partial charge in [0.25, 0.3) is 11.8 Å². The minimum atomic E-state index is -0.467. The average Bonchev–Trinajstić information content (AvgIpc) is 2.71. The van der Waals surface area contributed by atoms with Crippen molar-refractivity contribution in [2.45, 2.75) is 20.3 Å². The summed E-state index contributed by atoms with van der Waals surface area (Å²) < 4.78 is 11.9. The minimum absolute atomic E-state index is 0.330. The van der Waals surface area contributed by atoms with Crippen LogP contribution in [-0.2, 0) is 0 Å². The van der Waals surface area contributed by atoms with Crippen molar-refractivity contribution in [3.05, 3.63) is 70.7 Å². The average molecular weight is 461 g/mol. The number of halogens is 1. The molecule has 2 rings (SSSR count). The van der Waals surface area contributed by atoms with Crippen molar-refractivity contribution < 1.29 is 19.1 Å². The third-order valence-corrected chi connectivity index (χ3v) is 4.41. The lowest BCUT2D eigenvalue weighted by molar-refractivity contribution is 0.0844. The van der Waals surface area contributed by atoms with Gasteiger partial charge in [-0.15, -0.1) is 0 Å². The third kappa shape index (κ3) is 7.27. The third-order valence-electron chi connectivity index (χ3n) is 3.91. The summed E-state index contributed by atoms with van der Waals surface area (Å²) in [5.41, 5.74) is 5.56. The topological polar surface area (TPSA) is 76.7 Å². The zero-order chi connectivity index (χ0) is 21.2. The van der Waals surface area contributed by atoms with E-state index in [2.05, 4.69) is 47.2 Å². The molecule has 0 aliphatic heterocycles. The fraction of sp³-hybridized carbons (Fsp3) is 0.273. The molecular weight excluding hydrogens is 436 g/mol. The van der Waals surface area contributed by atoms with Crippen LogP contribution in [0.15, 0.2) is 59.6 Å². The molecule has 2 aromatic rings. The van der Waals surface area contributed by atoms with E-state index < -0.39 is 11.8 Å². The quantitative estimate of drug-likeness (QED) is 0.426. The van der Waals surface area contributed by atoms with Crippen LogP contribution in [0.25, 0.3) is 0 Å². The summed E-state index contributed by atoms with van der Waals surface area (Å²) in [7, 11) is 0. The standard InChI is InChI=1S/C22H25BrN2O4/c1-4-12-28-18-8-5-16(6-9-18)21(26)24-25-22(27)19-14-17(23)7-10-20(19)29-13-11-15(2)3/h4-10,14-15H,1,11-13H2,2-3H3,(H,24,26)(H,25,27). The van der Waals surface area contributed by atoms with Crippen LogP contribution in [0.3, 0.4) is 0 Å². The van der Waals surface area contributed by atoms with E-state index >= 15 is 0 Å². The molecule has 0 spiro atoms. The number of benzene rings is 2. The molecule has 0 heterocycles. The first kappa shape index (κ1) is 22.5. The molecule has 154 valence electrons. The van der Waals surface area contributed by atoms with Crippen molar-refractivity contribution in [1.29, 1.82) is 0 Å². The molecule has 2 amide bonds. The van der Waals surface area contributed by atoms with Gasteiger partial charge in [0, 0.05) is 10.0 Å². The Hall–Kier alpha value is -2.80. The summed E-state index contributed by atoms with van der Waals surface area (Å²) in [6.45, 7) is 8.68. The van der Waals surface area contributed by atoms with Crippen molar-refractivity contribution >= 4 is 27.7 Å². The predicted molar refractivity (Wildman–Crippen MR) is 116 cm³/mol. The summed E-state index contributed by atoms with van der Waals surface area (Å²) in [5.74, 6) is 0.679. The Balaban J connectivity index is 1.98. The maximum absolute atomic E-state index is 12.6. The highest BCUT2D eigenvalue weighted by molar-refractivity contribution is 9.10. The smallest absolute Gasteiger partial charge is 0.273 e. The zero-order valence-electron chi connectivity index (χ0n) is 16.5. The first-order chi connectivity index (χ1) is 13.9. The molecule has 2 aromatic carbocycles. The van der Waals surface area contributed by atoms with Gasteiger partial charge in [0.05, 0.1) is 12.2 Å². The maximum Gasteiger partial charge on any atom is 0.273 e. The minimum Gasteiger partial charge on any atom is -0.493 e. The van der Waals surface area contributed by atoms with Gasteiger partial charge in [-0.25, -0.2) is 0 Å². The highest BCUT2D eigenvalue weighted by atomic mass is 79.9. The van der Waals surface area contributed by atoms with Gasteiger partial charge in [-0.05, 0) is 54.8 Å². The Bertz CT molecular complexity index is 850. The van der Waals surface area contributed by atoms with E-state index in [0.29, 0.717) is 41.8 Å². The van der Waals surface area contributed by atoms with E-state index in [9.17, 15) is 9.59 Å². The lowest BCUT2D eigenvalue weighted by Gasteiger charge is -2.14. The molecule has 0 aliphatic rings. The zero-order valence-corrected chi connectivity index (χ0v) is 18.1. The Morgan fingerprint density at radius 2 is 1.76 bits per heavy atom. The van der Waals surface area contributed by atoms with Crippen molar-refractivity contribution in [2.24, 2.45) is 5.92 Å². The molecular formula is C22H25BrN2O4. The highest BCUT2D eigenvalue weighted by Gasteiger charge is 2.15. The van der Waals surface area contributed by atoms with Gasteiger partial charge in [-0.2, -0.15) is 0 Å². The molecule has 7 heteroatoms. The van der Waals surface area contributed by atoms with Crippen molar-refractivity contribution in [1.82, 2.24) is 10.9 Å². The van der Waals surface area contributed by atoms with Crippen molar-refractivity contribution in [3.8, 4) is 11.5 Å². The van der Waals surface area contributed by atoms with Crippen LogP contribution in [0.4, 0.5) is 0 Å². The van der Waals surface area contributed by atoms with Crippen molar-refractivity contribution in [2.75, 3.05) is 13.2 Å². The number of rotatable bonds is 9. The lowest BCUT2D eigenvalue weighted by Crippen LogP contribution is -2.41. The van der Waals surface area contributed by atoms with Gasteiger partial charge in [-0.1, -0.05) is 42.4 Å². The first-order valence-electron chi connectivity index (χ1n) is 9.27. The van der Waals surface area contributed by atoms with E-state index in [0.717, 1.165) is 10.9 Å². The van der Waals surface area contributed by atoms with Crippen LogP contribution >= 0.6 is 15.9 Å². The van der Waals surface area contributed by atoms with Crippen LogP contribution in [0, 0.1) is 5.92 Å². The van der Waals surface area contributed by atoms with Gasteiger partial charge < -0.3 is 9.47 Å². The van der Waals surface area contributed by atoms with Gasteiger partial charge in [0.1, 0.15) is 18.1 Å². The summed E-state index contributed by atoms with van der Waals surface area (Å²) >= 11 is 3.36. The second-order valence-electron chi connectivity index (χ2n) is 6.70. The van der Waals surface area contributed by atoms with Gasteiger partial charge >= 0.3 is 0 Å². The molecule has 0 aromatic heterocycles. The largest absolute Gasteiger partial charge is 0.493 e. The van der Waals surface area contributed by atoms with E-state index in [4.69, 9.17) is 9.47 Å². The van der Waals surface area contributed by atoms with Crippen LogP contribution in [0.5, 0.6) is 11.5 Å². The van der Waals surface area contributed by atoms with Crippen LogP contribution in [-0.4, -0.2) is 25.0 Å². The fourth-order valence-corrected chi connectivity index (χ4v) is 2.68. The molecule has 29 heavy (non-hydrogen) atoms. The van der Waals surface area contributed by atoms with E-state index in [-0.39, 0.29) is 0 Å². The number of ether oxygens (including phenoxy) is 2. The number of hydrogen-bond donors (Lipinski definition) is 2. The first-order valence-corrected chi connectivity index (χ1v) is 10.1. The Kier molecular flexibility index (Phi) is 8.73. The molecule has 0 atom stereocenters. The fourth-order valence-electron chi connectivity index (χ4n) is 2.32.